The zero-order chi connectivity index (χ0) is 13.0. The Bertz CT molecular complexity index is 397. The number of anilines is 1. The lowest BCUT2D eigenvalue weighted by Crippen LogP contribution is -2.32. The molecule has 1 heterocycles. The molecule has 1 saturated carbocycles. The molecule has 19 heavy (non-hydrogen) atoms. The van der Waals surface area contributed by atoms with Gasteiger partial charge in [-0.2, -0.15) is 22.3 Å². The van der Waals surface area contributed by atoms with Crippen molar-refractivity contribution in [3.63, 3.8) is 0 Å². The van der Waals surface area contributed by atoms with E-state index in [2.05, 4.69) is 9.97 Å². The minimum atomic E-state index is -1.07. The van der Waals surface area contributed by atoms with Gasteiger partial charge in [-0.05, 0) is 25.7 Å². The normalized spacial score (nSPS) is 15.9. The Kier molecular flexibility index (Phi) is 6.48. The Morgan fingerprint density at radius 2 is 1.89 bits per heavy atom. The van der Waals surface area contributed by atoms with E-state index in [-0.39, 0.29) is 19.3 Å². The summed E-state index contributed by atoms with van der Waals surface area (Å²) in [6.07, 6.45) is 7.19. The highest BCUT2D eigenvalue weighted by Gasteiger charge is 2.21. The lowest BCUT2D eigenvalue weighted by atomic mass is 9.89. The topological polar surface area (TPSA) is 29.0 Å². The number of halogens is 2. The fourth-order valence-electron chi connectivity index (χ4n) is 2.61. The maximum absolute atomic E-state index is 13.7. The van der Waals surface area contributed by atoms with Gasteiger partial charge in [0, 0.05) is 13.1 Å². The summed E-state index contributed by atoms with van der Waals surface area (Å²) >= 11 is 0. The van der Waals surface area contributed by atoms with Crippen molar-refractivity contribution in [2.75, 3.05) is 18.0 Å². The zero-order valence-electron chi connectivity index (χ0n) is 11.2. The average molecular weight is 289 g/mol. The van der Waals surface area contributed by atoms with Crippen LogP contribution in [0.3, 0.4) is 0 Å². The van der Waals surface area contributed by atoms with Crippen LogP contribution in [0.15, 0.2) is 6.33 Å². The van der Waals surface area contributed by atoms with Gasteiger partial charge < -0.3 is 4.90 Å². The Hall–Kier alpha value is -0.910. The van der Waals surface area contributed by atoms with E-state index >= 15 is 0 Å². The highest BCUT2D eigenvalue weighted by atomic mass is 32.1. The van der Waals surface area contributed by atoms with Crippen molar-refractivity contribution in [3.05, 3.63) is 18.1 Å². The summed E-state index contributed by atoms with van der Waals surface area (Å²) in [6.45, 7) is 3.32. The lowest BCUT2D eigenvalue weighted by molar-refractivity contribution is 0.356. The molecular weight excluding hydrogens is 268 g/mol. The van der Waals surface area contributed by atoms with Gasteiger partial charge in [0.1, 0.15) is 6.33 Å². The van der Waals surface area contributed by atoms with Crippen molar-refractivity contribution in [2.45, 2.75) is 39.0 Å². The Labute approximate surface area is 119 Å². The average Bonchev–Trinajstić information content (AvgIpc) is 2.41. The van der Waals surface area contributed by atoms with Crippen molar-refractivity contribution in [1.29, 1.82) is 0 Å². The Morgan fingerprint density at radius 1 is 1.21 bits per heavy atom. The monoisotopic (exact) mass is 289 g/mol. The molecule has 0 spiro atoms. The van der Waals surface area contributed by atoms with E-state index in [1.54, 1.807) is 0 Å². The van der Waals surface area contributed by atoms with Crippen LogP contribution in [0.25, 0.3) is 0 Å². The smallest absolute Gasteiger partial charge is 0.254 e. The van der Waals surface area contributed by atoms with E-state index in [9.17, 15) is 8.78 Å². The second-order valence-corrected chi connectivity index (χ2v) is 4.84. The summed E-state index contributed by atoms with van der Waals surface area (Å²) < 4.78 is 26.8. The molecule has 0 saturated heterocycles. The van der Waals surface area contributed by atoms with Gasteiger partial charge in [0.05, 0.1) is 0 Å². The summed E-state index contributed by atoms with van der Waals surface area (Å²) in [7, 11) is 0. The van der Waals surface area contributed by atoms with E-state index in [1.165, 1.54) is 32.1 Å². The molecule has 1 aromatic rings. The first-order valence-electron chi connectivity index (χ1n) is 6.63. The third-order valence-corrected chi connectivity index (χ3v) is 3.61. The lowest BCUT2D eigenvalue weighted by Gasteiger charge is -2.29. The highest BCUT2D eigenvalue weighted by molar-refractivity contribution is 7.59. The van der Waals surface area contributed by atoms with Gasteiger partial charge in [0.15, 0.2) is 5.82 Å². The summed E-state index contributed by atoms with van der Waals surface area (Å²) in [4.78, 5) is 8.91. The van der Waals surface area contributed by atoms with Crippen LogP contribution in [0.2, 0.25) is 0 Å². The maximum Gasteiger partial charge on any atom is 0.254 e. The van der Waals surface area contributed by atoms with Gasteiger partial charge in [0.2, 0.25) is 5.82 Å². The molecule has 0 bridgehead atoms. The number of rotatable bonds is 4. The molecule has 1 fully saturated rings. The number of hydrogen-bond donors (Lipinski definition) is 0. The molecule has 108 valence electrons. The standard InChI is InChI=1S/C13H19F2N3.H2S/c1-2-18(8-10-6-4-3-5-7-10)13-11(14)12(15)16-9-17-13;/h9-10H,2-8H2,1H3;1H2. The van der Waals surface area contributed by atoms with Crippen molar-refractivity contribution < 1.29 is 8.78 Å². The molecule has 0 radical (unpaired) electrons. The summed E-state index contributed by atoms with van der Waals surface area (Å²) in [6, 6.07) is 0. The molecule has 6 heteroatoms. The molecule has 0 N–H and O–H groups in total. The molecular formula is C13H21F2N3S. The molecule has 0 aromatic carbocycles. The third kappa shape index (κ3) is 4.03. The predicted molar refractivity (Wildman–Crippen MR) is 76.8 cm³/mol. The molecule has 1 aliphatic rings. The van der Waals surface area contributed by atoms with Gasteiger partial charge in [-0.1, -0.05) is 19.3 Å². The van der Waals surface area contributed by atoms with Gasteiger partial charge in [-0.3, -0.25) is 0 Å². The number of aromatic nitrogens is 2. The maximum atomic E-state index is 13.7. The van der Waals surface area contributed by atoms with Crippen LogP contribution in [-0.4, -0.2) is 23.1 Å². The third-order valence-electron chi connectivity index (χ3n) is 3.61. The largest absolute Gasteiger partial charge is 0.354 e. The predicted octanol–water partition coefficient (Wildman–Crippen LogP) is 3.27. The van der Waals surface area contributed by atoms with Gasteiger partial charge in [0.25, 0.3) is 5.95 Å². The van der Waals surface area contributed by atoms with Crippen molar-refractivity contribution in [2.24, 2.45) is 5.92 Å². The van der Waals surface area contributed by atoms with Crippen molar-refractivity contribution >= 4 is 19.3 Å². The van der Waals surface area contributed by atoms with Gasteiger partial charge in [-0.15, -0.1) is 0 Å². The Morgan fingerprint density at radius 3 is 2.53 bits per heavy atom. The number of hydrogen-bond acceptors (Lipinski definition) is 3. The van der Waals surface area contributed by atoms with Gasteiger partial charge >= 0.3 is 0 Å². The molecule has 0 aliphatic heterocycles. The van der Waals surface area contributed by atoms with Crippen LogP contribution in [0.4, 0.5) is 14.6 Å². The molecule has 2 rings (SSSR count). The van der Waals surface area contributed by atoms with Crippen LogP contribution in [0.1, 0.15) is 39.0 Å². The second-order valence-electron chi connectivity index (χ2n) is 4.84. The SMILES string of the molecule is CCN(CC1CCCCC1)c1ncnc(F)c1F.S. The Balaban J connectivity index is 0.00000180. The molecule has 0 unspecified atom stereocenters. The van der Waals surface area contributed by atoms with Crippen molar-refractivity contribution in [1.82, 2.24) is 9.97 Å². The second kappa shape index (κ2) is 7.62. The van der Waals surface area contributed by atoms with Crippen LogP contribution in [0.5, 0.6) is 0 Å². The fraction of sp³-hybridized carbons (Fsp3) is 0.692. The molecule has 0 atom stereocenters. The minimum absolute atomic E-state index is 0. The van der Waals surface area contributed by atoms with E-state index in [0.29, 0.717) is 12.5 Å². The van der Waals surface area contributed by atoms with Crippen molar-refractivity contribution in [3.8, 4) is 0 Å². The number of nitrogens with zero attached hydrogens (tertiary/aromatic N) is 3. The summed E-state index contributed by atoms with van der Waals surface area (Å²) in [5.41, 5.74) is 0. The molecule has 1 aromatic heterocycles. The summed E-state index contributed by atoms with van der Waals surface area (Å²) in [5, 5.41) is 0. The van der Waals surface area contributed by atoms with Crippen LogP contribution < -0.4 is 4.90 Å². The molecule has 0 amide bonds. The fourth-order valence-corrected chi connectivity index (χ4v) is 2.61. The first-order valence-corrected chi connectivity index (χ1v) is 6.63. The van der Waals surface area contributed by atoms with E-state index in [1.807, 2.05) is 11.8 Å². The van der Waals surface area contributed by atoms with E-state index in [0.717, 1.165) is 12.9 Å². The van der Waals surface area contributed by atoms with Gasteiger partial charge in [-0.25, -0.2) is 9.97 Å². The first-order chi connectivity index (χ1) is 8.72. The van der Waals surface area contributed by atoms with Crippen LogP contribution in [0, 0.1) is 17.7 Å². The molecule has 3 nitrogen and oxygen atoms in total. The van der Waals surface area contributed by atoms with Crippen LogP contribution in [-0.2, 0) is 0 Å². The van der Waals surface area contributed by atoms with Crippen LogP contribution >= 0.6 is 13.5 Å². The quantitative estimate of drug-likeness (QED) is 0.797. The highest BCUT2D eigenvalue weighted by Crippen LogP contribution is 2.26. The minimum Gasteiger partial charge on any atom is -0.354 e. The first kappa shape index (κ1) is 16.1. The van der Waals surface area contributed by atoms with E-state index in [4.69, 9.17) is 0 Å². The zero-order valence-corrected chi connectivity index (χ0v) is 12.2. The molecule has 1 aliphatic carbocycles. The summed E-state index contributed by atoms with van der Waals surface area (Å²) in [5.74, 6) is -1.34. The van der Waals surface area contributed by atoms with E-state index < -0.39 is 11.8 Å².